The molecule has 1 unspecified atom stereocenters. The predicted octanol–water partition coefficient (Wildman–Crippen LogP) is 2.54. The van der Waals surface area contributed by atoms with Crippen LogP contribution in [0.2, 0.25) is 0 Å². The van der Waals surface area contributed by atoms with Gasteiger partial charge in [0, 0.05) is 6.42 Å². The number of hydrogen-bond acceptors (Lipinski definition) is 2. The highest BCUT2D eigenvalue weighted by Crippen LogP contribution is 2.04. The van der Waals surface area contributed by atoms with Crippen molar-refractivity contribution in [1.29, 1.82) is 0 Å². The van der Waals surface area contributed by atoms with Crippen LogP contribution in [0.4, 0.5) is 0 Å². The number of hydrogen-bond donors (Lipinski definition) is 0. The van der Waals surface area contributed by atoms with E-state index in [9.17, 15) is 4.79 Å². The third-order valence-electron chi connectivity index (χ3n) is 1.79. The first-order valence-corrected chi connectivity index (χ1v) is 4.39. The maximum Gasteiger partial charge on any atom is 0.308 e. The minimum atomic E-state index is -0.0984. The molecule has 0 aliphatic heterocycles. The van der Waals surface area contributed by atoms with E-state index in [1.807, 2.05) is 20.8 Å². The molecule has 0 fully saturated rings. The molecule has 0 aliphatic carbocycles. The van der Waals surface area contributed by atoms with Gasteiger partial charge in [0.15, 0.2) is 0 Å². The largest absolute Gasteiger partial charge is 0.465 e. The summed E-state index contributed by atoms with van der Waals surface area (Å²) in [7, 11) is 0. The zero-order valence-electron chi connectivity index (χ0n) is 8.22. The van der Waals surface area contributed by atoms with Crippen molar-refractivity contribution >= 4 is 5.97 Å². The Kier molecular flexibility index (Phi) is 5.43. The van der Waals surface area contributed by atoms with Crippen LogP contribution in [0.1, 0.15) is 33.6 Å². The molecule has 0 saturated carbocycles. The molecule has 0 saturated heterocycles. The van der Waals surface area contributed by atoms with Crippen molar-refractivity contribution in [1.82, 2.24) is 0 Å². The Morgan fingerprint density at radius 1 is 1.58 bits per heavy atom. The van der Waals surface area contributed by atoms with E-state index in [2.05, 4.69) is 6.58 Å². The second-order valence-corrected chi connectivity index (χ2v) is 3.18. The first kappa shape index (κ1) is 11.2. The van der Waals surface area contributed by atoms with Gasteiger partial charge in [-0.25, -0.2) is 0 Å². The van der Waals surface area contributed by atoms with Gasteiger partial charge in [-0.05, 0) is 13.3 Å². The van der Waals surface area contributed by atoms with Gasteiger partial charge in [-0.2, -0.15) is 0 Å². The Morgan fingerprint density at radius 3 is 2.58 bits per heavy atom. The first-order valence-electron chi connectivity index (χ1n) is 4.39. The summed E-state index contributed by atoms with van der Waals surface area (Å²) in [5.74, 6) is -0.0751. The summed E-state index contributed by atoms with van der Waals surface area (Å²) in [6.07, 6.45) is 1.61. The number of esters is 1. The van der Waals surface area contributed by atoms with Gasteiger partial charge in [0.2, 0.25) is 0 Å². The monoisotopic (exact) mass is 170 g/mol. The fourth-order valence-electron chi connectivity index (χ4n) is 0.635. The SMILES string of the molecule is C=C(C)CCOC(=O)C(C)CC. The van der Waals surface area contributed by atoms with Crippen LogP contribution in [0.15, 0.2) is 12.2 Å². The summed E-state index contributed by atoms with van der Waals surface area (Å²) in [5.41, 5.74) is 1.05. The van der Waals surface area contributed by atoms with E-state index >= 15 is 0 Å². The van der Waals surface area contributed by atoms with Gasteiger partial charge in [0.1, 0.15) is 0 Å². The normalized spacial score (nSPS) is 12.2. The summed E-state index contributed by atoms with van der Waals surface area (Å²) >= 11 is 0. The highest BCUT2D eigenvalue weighted by molar-refractivity contribution is 5.71. The Hall–Kier alpha value is -0.790. The van der Waals surface area contributed by atoms with Crippen molar-refractivity contribution in [2.45, 2.75) is 33.6 Å². The number of ether oxygens (including phenoxy) is 1. The Labute approximate surface area is 74.6 Å². The quantitative estimate of drug-likeness (QED) is 0.468. The molecule has 0 spiro atoms. The van der Waals surface area contributed by atoms with Crippen molar-refractivity contribution < 1.29 is 9.53 Å². The smallest absolute Gasteiger partial charge is 0.308 e. The van der Waals surface area contributed by atoms with Gasteiger partial charge in [-0.15, -0.1) is 6.58 Å². The third-order valence-corrected chi connectivity index (χ3v) is 1.79. The molecule has 0 amide bonds. The van der Waals surface area contributed by atoms with Gasteiger partial charge >= 0.3 is 5.97 Å². The number of carbonyl (C=O) groups is 1. The molecule has 2 heteroatoms. The van der Waals surface area contributed by atoms with E-state index in [-0.39, 0.29) is 11.9 Å². The predicted molar refractivity (Wildman–Crippen MR) is 49.8 cm³/mol. The molecule has 2 nitrogen and oxygen atoms in total. The van der Waals surface area contributed by atoms with Crippen LogP contribution in [0.5, 0.6) is 0 Å². The molecule has 0 aromatic heterocycles. The maximum absolute atomic E-state index is 11.1. The van der Waals surface area contributed by atoms with E-state index in [0.29, 0.717) is 6.61 Å². The standard InChI is InChI=1S/C10H18O2/c1-5-9(4)10(11)12-7-6-8(2)3/h9H,2,5-7H2,1,3-4H3. The van der Waals surface area contributed by atoms with Gasteiger partial charge in [0.25, 0.3) is 0 Å². The second-order valence-electron chi connectivity index (χ2n) is 3.18. The van der Waals surface area contributed by atoms with Crippen molar-refractivity contribution in [3.63, 3.8) is 0 Å². The minimum absolute atomic E-state index is 0.0233. The van der Waals surface area contributed by atoms with Crippen LogP contribution in [-0.2, 0) is 9.53 Å². The third kappa shape index (κ3) is 4.94. The molecule has 0 N–H and O–H groups in total. The van der Waals surface area contributed by atoms with E-state index in [0.717, 1.165) is 18.4 Å². The summed E-state index contributed by atoms with van der Waals surface area (Å²) in [6, 6.07) is 0. The zero-order valence-corrected chi connectivity index (χ0v) is 8.22. The first-order chi connectivity index (χ1) is 5.57. The van der Waals surface area contributed by atoms with Crippen LogP contribution in [0.25, 0.3) is 0 Å². The van der Waals surface area contributed by atoms with Gasteiger partial charge in [-0.1, -0.05) is 19.4 Å². The lowest BCUT2D eigenvalue weighted by molar-refractivity contribution is -0.147. The minimum Gasteiger partial charge on any atom is -0.465 e. The van der Waals surface area contributed by atoms with Gasteiger partial charge in [0.05, 0.1) is 12.5 Å². The highest BCUT2D eigenvalue weighted by atomic mass is 16.5. The maximum atomic E-state index is 11.1. The van der Waals surface area contributed by atoms with Crippen molar-refractivity contribution in [2.24, 2.45) is 5.92 Å². The second kappa shape index (κ2) is 5.81. The fourth-order valence-corrected chi connectivity index (χ4v) is 0.635. The lowest BCUT2D eigenvalue weighted by Crippen LogP contribution is -2.14. The van der Waals surface area contributed by atoms with Crippen LogP contribution >= 0.6 is 0 Å². The molecule has 0 bridgehead atoms. The van der Waals surface area contributed by atoms with Crippen LogP contribution < -0.4 is 0 Å². The van der Waals surface area contributed by atoms with E-state index < -0.39 is 0 Å². The number of rotatable bonds is 5. The molecule has 0 aromatic rings. The lowest BCUT2D eigenvalue weighted by Gasteiger charge is -2.08. The molecule has 0 rings (SSSR count). The van der Waals surface area contributed by atoms with E-state index in [1.54, 1.807) is 0 Å². The molecule has 0 radical (unpaired) electrons. The van der Waals surface area contributed by atoms with Gasteiger partial charge < -0.3 is 4.74 Å². The zero-order chi connectivity index (χ0) is 9.56. The summed E-state index contributed by atoms with van der Waals surface area (Å²) in [4.78, 5) is 11.1. The Bertz CT molecular complexity index is 161. The van der Waals surface area contributed by atoms with Crippen molar-refractivity contribution in [2.75, 3.05) is 6.61 Å². The number of carbonyl (C=O) groups excluding carboxylic acids is 1. The average Bonchev–Trinajstić information content (AvgIpc) is 2.02. The Morgan fingerprint density at radius 2 is 2.17 bits per heavy atom. The highest BCUT2D eigenvalue weighted by Gasteiger charge is 2.10. The summed E-state index contributed by atoms with van der Waals surface area (Å²) in [5, 5.41) is 0. The lowest BCUT2D eigenvalue weighted by atomic mass is 10.1. The van der Waals surface area contributed by atoms with Crippen molar-refractivity contribution in [3.8, 4) is 0 Å². The summed E-state index contributed by atoms with van der Waals surface area (Å²) in [6.45, 7) is 9.98. The van der Waals surface area contributed by atoms with Crippen LogP contribution in [-0.4, -0.2) is 12.6 Å². The molecule has 12 heavy (non-hydrogen) atoms. The fraction of sp³-hybridized carbons (Fsp3) is 0.700. The molecular formula is C10H18O2. The topological polar surface area (TPSA) is 26.3 Å². The molecule has 0 aliphatic rings. The average molecular weight is 170 g/mol. The van der Waals surface area contributed by atoms with Crippen molar-refractivity contribution in [3.05, 3.63) is 12.2 Å². The molecule has 0 heterocycles. The molecular weight excluding hydrogens is 152 g/mol. The molecule has 70 valence electrons. The van der Waals surface area contributed by atoms with Gasteiger partial charge in [-0.3, -0.25) is 4.79 Å². The van der Waals surface area contributed by atoms with Crippen LogP contribution in [0, 0.1) is 5.92 Å². The van der Waals surface area contributed by atoms with E-state index in [1.165, 1.54) is 0 Å². The molecule has 1 atom stereocenters. The molecule has 0 aromatic carbocycles. The van der Waals surface area contributed by atoms with E-state index in [4.69, 9.17) is 4.74 Å². The Balaban J connectivity index is 3.50. The van der Waals surface area contributed by atoms with Crippen LogP contribution in [0.3, 0.4) is 0 Å². The summed E-state index contributed by atoms with van der Waals surface area (Å²) < 4.78 is 5.01.